The molecule has 0 heterocycles. The molecule has 1 saturated carbocycles. The molecule has 1 aliphatic carbocycles. The Balaban J connectivity index is 1.72. The Bertz CT molecular complexity index is 422. The van der Waals surface area contributed by atoms with Gasteiger partial charge in [-0.25, -0.2) is 0 Å². The standard InChI is InChI=1S/C14H20N2O2S/c1-19-14-7-4-12(10-14)15-9-8-11-2-5-13(6-3-11)16(17)18/h2-3,5-6,12,14-15H,4,7-10H2,1H3. The fraction of sp³-hybridized carbons (Fsp3) is 0.571. The lowest BCUT2D eigenvalue weighted by Gasteiger charge is -2.12. The Hall–Kier alpha value is -1.07. The van der Waals surface area contributed by atoms with E-state index in [1.807, 2.05) is 23.9 Å². The van der Waals surface area contributed by atoms with Crippen LogP contribution in [0.1, 0.15) is 24.8 Å². The molecule has 1 aromatic rings. The third kappa shape index (κ3) is 4.21. The average Bonchev–Trinajstić information content (AvgIpc) is 2.87. The number of non-ortho nitro benzene ring substituents is 1. The van der Waals surface area contributed by atoms with Gasteiger partial charge in [-0.15, -0.1) is 0 Å². The molecule has 1 aromatic carbocycles. The summed E-state index contributed by atoms with van der Waals surface area (Å²) in [5.74, 6) is 0. The SMILES string of the molecule is CSC1CCC(NCCc2ccc([N+](=O)[O-])cc2)C1. The van der Waals surface area contributed by atoms with Crippen LogP contribution < -0.4 is 5.32 Å². The Morgan fingerprint density at radius 2 is 2.11 bits per heavy atom. The third-order valence-electron chi connectivity index (χ3n) is 3.71. The van der Waals surface area contributed by atoms with Crippen molar-refractivity contribution in [1.29, 1.82) is 0 Å². The van der Waals surface area contributed by atoms with Crippen molar-refractivity contribution in [1.82, 2.24) is 5.32 Å². The van der Waals surface area contributed by atoms with Gasteiger partial charge in [-0.3, -0.25) is 10.1 Å². The molecule has 104 valence electrons. The molecule has 0 bridgehead atoms. The summed E-state index contributed by atoms with van der Waals surface area (Å²) in [4.78, 5) is 10.2. The molecule has 2 rings (SSSR count). The summed E-state index contributed by atoms with van der Waals surface area (Å²) in [6.45, 7) is 0.948. The predicted octanol–water partition coefficient (Wildman–Crippen LogP) is 3.01. The topological polar surface area (TPSA) is 55.2 Å². The number of rotatable bonds is 6. The van der Waals surface area contributed by atoms with Crippen LogP contribution in [-0.2, 0) is 6.42 Å². The van der Waals surface area contributed by atoms with E-state index < -0.39 is 0 Å². The maximum absolute atomic E-state index is 10.6. The van der Waals surface area contributed by atoms with E-state index in [1.165, 1.54) is 19.3 Å². The van der Waals surface area contributed by atoms with Crippen LogP contribution in [0.4, 0.5) is 5.69 Å². The lowest BCUT2D eigenvalue weighted by atomic mass is 10.1. The molecule has 1 fully saturated rings. The molecule has 5 heteroatoms. The van der Waals surface area contributed by atoms with Gasteiger partial charge in [0, 0.05) is 23.4 Å². The van der Waals surface area contributed by atoms with Crippen molar-refractivity contribution in [3.8, 4) is 0 Å². The summed E-state index contributed by atoms with van der Waals surface area (Å²) in [5.41, 5.74) is 1.31. The van der Waals surface area contributed by atoms with Gasteiger partial charge < -0.3 is 5.32 Å². The first kappa shape index (κ1) is 14.3. The molecular formula is C14H20N2O2S. The van der Waals surface area contributed by atoms with E-state index in [0.717, 1.165) is 23.8 Å². The summed E-state index contributed by atoms with van der Waals surface area (Å²) in [6, 6.07) is 7.50. The Morgan fingerprint density at radius 3 is 2.68 bits per heavy atom. The summed E-state index contributed by atoms with van der Waals surface area (Å²) >= 11 is 1.97. The summed E-state index contributed by atoms with van der Waals surface area (Å²) in [7, 11) is 0. The minimum Gasteiger partial charge on any atom is -0.314 e. The van der Waals surface area contributed by atoms with E-state index >= 15 is 0 Å². The Morgan fingerprint density at radius 1 is 1.37 bits per heavy atom. The zero-order valence-electron chi connectivity index (χ0n) is 11.2. The fourth-order valence-electron chi connectivity index (χ4n) is 2.54. The monoisotopic (exact) mass is 280 g/mol. The average molecular weight is 280 g/mol. The number of hydrogen-bond donors (Lipinski definition) is 1. The summed E-state index contributed by atoms with van der Waals surface area (Å²) in [6.07, 6.45) is 6.96. The number of hydrogen-bond acceptors (Lipinski definition) is 4. The highest BCUT2D eigenvalue weighted by molar-refractivity contribution is 7.99. The smallest absolute Gasteiger partial charge is 0.269 e. The molecule has 0 saturated heterocycles. The van der Waals surface area contributed by atoms with E-state index in [-0.39, 0.29) is 10.6 Å². The zero-order chi connectivity index (χ0) is 13.7. The van der Waals surface area contributed by atoms with Gasteiger partial charge >= 0.3 is 0 Å². The van der Waals surface area contributed by atoms with Gasteiger partial charge in [0.15, 0.2) is 0 Å². The van der Waals surface area contributed by atoms with Crippen molar-refractivity contribution in [3.05, 3.63) is 39.9 Å². The van der Waals surface area contributed by atoms with E-state index in [4.69, 9.17) is 0 Å². The second-order valence-corrected chi connectivity index (χ2v) is 6.13. The van der Waals surface area contributed by atoms with Gasteiger partial charge in [-0.1, -0.05) is 12.1 Å². The van der Waals surface area contributed by atoms with Crippen LogP contribution in [0.3, 0.4) is 0 Å². The summed E-state index contributed by atoms with van der Waals surface area (Å²) in [5, 5.41) is 15.0. The second-order valence-electron chi connectivity index (χ2n) is 5.00. The highest BCUT2D eigenvalue weighted by atomic mass is 32.2. The number of thioether (sulfide) groups is 1. The predicted molar refractivity (Wildman–Crippen MR) is 79.7 cm³/mol. The van der Waals surface area contributed by atoms with Crippen LogP contribution in [0.25, 0.3) is 0 Å². The minimum atomic E-state index is -0.358. The highest BCUT2D eigenvalue weighted by Crippen LogP contribution is 2.28. The number of nitrogens with zero attached hydrogens (tertiary/aromatic N) is 1. The van der Waals surface area contributed by atoms with Crippen molar-refractivity contribution in [3.63, 3.8) is 0 Å². The van der Waals surface area contributed by atoms with Gasteiger partial charge in [0.1, 0.15) is 0 Å². The van der Waals surface area contributed by atoms with Crippen LogP contribution in [0.2, 0.25) is 0 Å². The third-order valence-corrected chi connectivity index (χ3v) is 4.81. The van der Waals surface area contributed by atoms with Crippen molar-refractivity contribution < 1.29 is 4.92 Å². The first-order valence-electron chi connectivity index (χ1n) is 6.68. The molecule has 1 aliphatic rings. The van der Waals surface area contributed by atoms with Gasteiger partial charge in [-0.05, 0) is 44.0 Å². The van der Waals surface area contributed by atoms with Crippen LogP contribution in [0, 0.1) is 10.1 Å². The van der Waals surface area contributed by atoms with Crippen molar-refractivity contribution >= 4 is 17.4 Å². The van der Waals surface area contributed by atoms with E-state index in [1.54, 1.807) is 12.1 Å². The first-order valence-corrected chi connectivity index (χ1v) is 7.97. The van der Waals surface area contributed by atoms with Gasteiger partial charge in [-0.2, -0.15) is 11.8 Å². The molecule has 2 atom stereocenters. The molecule has 2 unspecified atom stereocenters. The second kappa shape index (κ2) is 6.91. The van der Waals surface area contributed by atoms with E-state index in [0.29, 0.717) is 6.04 Å². The van der Waals surface area contributed by atoms with Crippen LogP contribution in [0.5, 0.6) is 0 Å². The lowest BCUT2D eigenvalue weighted by molar-refractivity contribution is -0.384. The number of nitro groups is 1. The molecule has 0 spiro atoms. The Kier molecular flexibility index (Phi) is 5.22. The molecule has 0 aliphatic heterocycles. The van der Waals surface area contributed by atoms with Gasteiger partial charge in [0.2, 0.25) is 0 Å². The lowest BCUT2D eigenvalue weighted by Crippen LogP contribution is -2.28. The van der Waals surface area contributed by atoms with Crippen LogP contribution in [-0.4, -0.2) is 29.0 Å². The highest BCUT2D eigenvalue weighted by Gasteiger charge is 2.22. The first-order chi connectivity index (χ1) is 9.19. The van der Waals surface area contributed by atoms with E-state index in [9.17, 15) is 10.1 Å². The zero-order valence-corrected chi connectivity index (χ0v) is 12.0. The molecular weight excluding hydrogens is 260 g/mol. The molecule has 0 radical (unpaired) electrons. The summed E-state index contributed by atoms with van der Waals surface area (Å²) < 4.78 is 0. The van der Waals surface area contributed by atoms with Crippen LogP contribution >= 0.6 is 11.8 Å². The molecule has 0 amide bonds. The van der Waals surface area contributed by atoms with E-state index in [2.05, 4.69) is 11.6 Å². The quantitative estimate of drug-likeness (QED) is 0.643. The van der Waals surface area contributed by atoms with Crippen molar-refractivity contribution in [2.24, 2.45) is 0 Å². The van der Waals surface area contributed by atoms with Crippen molar-refractivity contribution in [2.45, 2.75) is 37.0 Å². The molecule has 1 N–H and O–H groups in total. The minimum absolute atomic E-state index is 0.162. The number of nitro benzene ring substituents is 1. The van der Waals surface area contributed by atoms with Crippen molar-refractivity contribution in [2.75, 3.05) is 12.8 Å². The maximum Gasteiger partial charge on any atom is 0.269 e. The Labute approximate surface area is 118 Å². The van der Waals surface area contributed by atoms with Gasteiger partial charge in [0.25, 0.3) is 5.69 Å². The largest absolute Gasteiger partial charge is 0.314 e. The molecule has 19 heavy (non-hydrogen) atoms. The maximum atomic E-state index is 10.6. The normalized spacial score (nSPS) is 22.6. The van der Waals surface area contributed by atoms with Gasteiger partial charge in [0.05, 0.1) is 4.92 Å². The van der Waals surface area contributed by atoms with Crippen LogP contribution in [0.15, 0.2) is 24.3 Å². The number of benzene rings is 1. The molecule has 4 nitrogen and oxygen atoms in total. The fourth-order valence-corrected chi connectivity index (χ4v) is 3.34. The molecule has 0 aromatic heterocycles. The number of nitrogens with one attached hydrogen (secondary N) is 1.